The Kier molecular flexibility index (Phi) is 5.37. The van der Waals surface area contributed by atoms with Gasteiger partial charge in [0.05, 0.1) is 6.10 Å². The molecule has 0 saturated carbocycles. The zero-order valence-electron chi connectivity index (χ0n) is 9.66. The second-order valence-electron chi connectivity index (χ2n) is 3.82. The molecule has 0 aromatic heterocycles. The van der Waals surface area contributed by atoms with Crippen LogP contribution >= 0.6 is 0 Å². The van der Waals surface area contributed by atoms with Gasteiger partial charge in [-0.15, -0.1) is 0 Å². The SMILES string of the molecule is CCc1ccccc1CNCC(O)CC. The molecule has 2 nitrogen and oxygen atoms in total. The van der Waals surface area contributed by atoms with Crippen molar-refractivity contribution in [2.75, 3.05) is 6.54 Å². The van der Waals surface area contributed by atoms with Crippen LogP contribution < -0.4 is 5.32 Å². The molecule has 0 aliphatic rings. The fourth-order valence-corrected chi connectivity index (χ4v) is 1.59. The average Bonchev–Trinajstić information content (AvgIpc) is 2.29. The van der Waals surface area contributed by atoms with Gasteiger partial charge >= 0.3 is 0 Å². The number of rotatable bonds is 6. The quantitative estimate of drug-likeness (QED) is 0.749. The van der Waals surface area contributed by atoms with Crippen LogP contribution in [0, 0.1) is 0 Å². The Morgan fingerprint density at radius 1 is 1.20 bits per heavy atom. The molecule has 1 atom stereocenters. The van der Waals surface area contributed by atoms with Gasteiger partial charge in [-0.2, -0.15) is 0 Å². The highest BCUT2D eigenvalue weighted by atomic mass is 16.3. The van der Waals surface area contributed by atoms with E-state index in [1.165, 1.54) is 11.1 Å². The van der Waals surface area contributed by atoms with Gasteiger partial charge in [0.25, 0.3) is 0 Å². The molecule has 0 saturated heterocycles. The molecule has 2 heteroatoms. The highest BCUT2D eigenvalue weighted by molar-refractivity contribution is 5.26. The van der Waals surface area contributed by atoms with Crippen LogP contribution in [-0.4, -0.2) is 17.8 Å². The molecule has 15 heavy (non-hydrogen) atoms. The van der Waals surface area contributed by atoms with E-state index in [9.17, 15) is 5.11 Å². The highest BCUT2D eigenvalue weighted by Crippen LogP contribution is 2.08. The Morgan fingerprint density at radius 2 is 1.87 bits per heavy atom. The van der Waals surface area contributed by atoms with Crippen molar-refractivity contribution in [2.24, 2.45) is 0 Å². The Bertz CT molecular complexity index is 286. The van der Waals surface area contributed by atoms with Crippen molar-refractivity contribution < 1.29 is 5.11 Å². The maximum atomic E-state index is 9.40. The van der Waals surface area contributed by atoms with Gasteiger partial charge in [-0.25, -0.2) is 0 Å². The second-order valence-corrected chi connectivity index (χ2v) is 3.82. The summed E-state index contributed by atoms with van der Waals surface area (Å²) >= 11 is 0. The van der Waals surface area contributed by atoms with Crippen molar-refractivity contribution in [3.8, 4) is 0 Å². The highest BCUT2D eigenvalue weighted by Gasteiger charge is 2.01. The van der Waals surface area contributed by atoms with Crippen molar-refractivity contribution in [1.82, 2.24) is 5.32 Å². The molecule has 0 amide bonds. The van der Waals surface area contributed by atoms with Gasteiger partial charge in [0.1, 0.15) is 0 Å². The lowest BCUT2D eigenvalue weighted by Crippen LogP contribution is -2.26. The monoisotopic (exact) mass is 207 g/mol. The molecule has 0 fully saturated rings. The third-order valence-electron chi connectivity index (χ3n) is 2.67. The Hall–Kier alpha value is -0.860. The molecule has 84 valence electrons. The number of aliphatic hydroxyl groups excluding tert-OH is 1. The lowest BCUT2D eigenvalue weighted by Gasteiger charge is -2.11. The molecule has 0 spiro atoms. The van der Waals surface area contributed by atoms with E-state index in [1.807, 2.05) is 6.92 Å². The molecule has 0 bridgehead atoms. The normalized spacial score (nSPS) is 12.7. The van der Waals surface area contributed by atoms with Crippen LogP contribution in [-0.2, 0) is 13.0 Å². The van der Waals surface area contributed by atoms with Gasteiger partial charge in [-0.1, -0.05) is 38.1 Å². The van der Waals surface area contributed by atoms with Gasteiger partial charge in [-0.05, 0) is 24.0 Å². The fraction of sp³-hybridized carbons (Fsp3) is 0.538. The first-order valence-electron chi connectivity index (χ1n) is 5.73. The van der Waals surface area contributed by atoms with E-state index in [0.29, 0.717) is 6.54 Å². The van der Waals surface area contributed by atoms with Gasteiger partial charge in [0, 0.05) is 13.1 Å². The lowest BCUT2D eigenvalue weighted by atomic mass is 10.1. The third-order valence-corrected chi connectivity index (χ3v) is 2.67. The molecular weight excluding hydrogens is 186 g/mol. The average molecular weight is 207 g/mol. The van der Waals surface area contributed by atoms with E-state index in [1.54, 1.807) is 0 Å². The molecule has 1 unspecified atom stereocenters. The van der Waals surface area contributed by atoms with Crippen LogP contribution in [0.2, 0.25) is 0 Å². The molecule has 0 aliphatic heterocycles. The smallest absolute Gasteiger partial charge is 0.0662 e. The summed E-state index contributed by atoms with van der Waals surface area (Å²) in [6, 6.07) is 8.44. The molecule has 1 rings (SSSR count). The van der Waals surface area contributed by atoms with Crippen molar-refractivity contribution in [3.05, 3.63) is 35.4 Å². The Labute approximate surface area is 92.3 Å². The van der Waals surface area contributed by atoms with E-state index in [0.717, 1.165) is 19.4 Å². The summed E-state index contributed by atoms with van der Waals surface area (Å²) in [6.45, 7) is 5.68. The molecule has 1 aromatic rings. The first-order valence-corrected chi connectivity index (χ1v) is 5.73. The summed E-state index contributed by atoms with van der Waals surface area (Å²) in [5, 5.41) is 12.7. The first-order chi connectivity index (χ1) is 7.27. The zero-order valence-corrected chi connectivity index (χ0v) is 9.66. The lowest BCUT2D eigenvalue weighted by molar-refractivity contribution is 0.167. The number of aryl methyl sites for hydroxylation is 1. The van der Waals surface area contributed by atoms with Crippen molar-refractivity contribution in [2.45, 2.75) is 39.3 Å². The van der Waals surface area contributed by atoms with Crippen LogP contribution in [0.5, 0.6) is 0 Å². The van der Waals surface area contributed by atoms with E-state index in [2.05, 4.69) is 36.5 Å². The van der Waals surface area contributed by atoms with Crippen LogP contribution in [0.15, 0.2) is 24.3 Å². The predicted octanol–water partition coefficient (Wildman–Crippen LogP) is 2.11. The number of hydrogen-bond donors (Lipinski definition) is 2. The van der Waals surface area contributed by atoms with E-state index in [-0.39, 0.29) is 6.10 Å². The van der Waals surface area contributed by atoms with Gasteiger partial charge < -0.3 is 10.4 Å². The molecule has 1 aromatic carbocycles. The topological polar surface area (TPSA) is 32.3 Å². The van der Waals surface area contributed by atoms with E-state index in [4.69, 9.17) is 0 Å². The zero-order chi connectivity index (χ0) is 11.1. The van der Waals surface area contributed by atoms with Crippen LogP contribution in [0.25, 0.3) is 0 Å². The van der Waals surface area contributed by atoms with Crippen molar-refractivity contribution in [3.63, 3.8) is 0 Å². The molecule has 0 aliphatic carbocycles. The number of aliphatic hydroxyl groups is 1. The number of benzene rings is 1. The maximum Gasteiger partial charge on any atom is 0.0662 e. The molecule has 2 N–H and O–H groups in total. The number of hydrogen-bond acceptors (Lipinski definition) is 2. The molecule has 0 radical (unpaired) electrons. The summed E-state index contributed by atoms with van der Waals surface area (Å²) in [5.41, 5.74) is 2.72. The van der Waals surface area contributed by atoms with Crippen LogP contribution in [0.1, 0.15) is 31.4 Å². The summed E-state index contributed by atoms with van der Waals surface area (Å²) in [4.78, 5) is 0. The molecular formula is C13H21NO. The van der Waals surface area contributed by atoms with Gasteiger partial charge in [-0.3, -0.25) is 0 Å². The van der Waals surface area contributed by atoms with E-state index < -0.39 is 0 Å². The summed E-state index contributed by atoms with van der Waals surface area (Å²) in [5.74, 6) is 0. The summed E-state index contributed by atoms with van der Waals surface area (Å²) < 4.78 is 0. The molecule has 0 heterocycles. The predicted molar refractivity (Wildman–Crippen MR) is 63.8 cm³/mol. The van der Waals surface area contributed by atoms with Crippen molar-refractivity contribution in [1.29, 1.82) is 0 Å². The van der Waals surface area contributed by atoms with Crippen molar-refractivity contribution >= 4 is 0 Å². The minimum Gasteiger partial charge on any atom is -0.392 e. The Balaban J connectivity index is 2.43. The Morgan fingerprint density at radius 3 is 2.47 bits per heavy atom. The second kappa shape index (κ2) is 6.59. The fourth-order valence-electron chi connectivity index (χ4n) is 1.59. The standard InChI is InChI=1S/C13H21NO/c1-3-11-7-5-6-8-12(11)9-14-10-13(15)4-2/h5-8,13-15H,3-4,9-10H2,1-2H3. The van der Waals surface area contributed by atoms with Crippen LogP contribution in [0.4, 0.5) is 0 Å². The van der Waals surface area contributed by atoms with E-state index >= 15 is 0 Å². The van der Waals surface area contributed by atoms with Crippen LogP contribution in [0.3, 0.4) is 0 Å². The number of nitrogens with one attached hydrogen (secondary N) is 1. The first kappa shape index (κ1) is 12.2. The third kappa shape index (κ3) is 4.02. The maximum absolute atomic E-state index is 9.40. The minimum atomic E-state index is -0.223. The summed E-state index contributed by atoms with van der Waals surface area (Å²) in [6.07, 6.45) is 1.65. The van der Waals surface area contributed by atoms with Gasteiger partial charge in [0.2, 0.25) is 0 Å². The van der Waals surface area contributed by atoms with Gasteiger partial charge in [0.15, 0.2) is 0 Å². The minimum absolute atomic E-state index is 0.223. The summed E-state index contributed by atoms with van der Waals surface area (Å²) in [7, 11) is 0. The largest absolute Gasteiger partial charge is 0.392 e.